The molecule has 0 radical (unpaired) electrons. The molecule has 2 aliphatic heterocycles. The van der Waals surface area contributed by atoms with Crippen molar-refractivity contribution in [3.8, 4) is 0 Å². The van der Waals surface area contributed by atoms with Crippen molar-refractivity contribution in [2.45, 2.75) is 50.3 Å². The number of rotatable bonds is 5. The minimum Gasteiger partial charge on any atom is -0.381 e. The minimum atomic E-state index is -3.17. The largest absolute Gasteiger partial charge is 0.381 e. The Labute approximate surface area is 116 Å². The lowest BCUT2D eigenvalue weighted by Gasteiger charge is -2.37. The maximum absolute atomic E-state index is 12.8. The Morgan fingerprint density at radius 1 is 1.26 bits per heavy atom. The van der Waals surface area contributed by atoms with Crippen molar-refractivity contribution in [3.05, 3.63) is 0 Å². The standard InChI is InChI=1S/C13H26N2O3S/c1-2-8-15(12-4-3-7-14-11-12)19(16,17)13-5-9-18-10-6-13/h12-14H,2-11H2,1H3. The van der Waals surface area contributed by atoms with E-state index in [-0.39, 0.29) is 11.3 Å². The van der Waals surface area contributed by atoms with E-state index < -0.39 is 10.0 Å². The summed E-state index contributed by atoms with van der Waals surface area (Å²) in [7, 11) is -3.17. The van der Waals surface area contributed by atoms with Crippen LogP contribution in [-0.2, 0) is 14.8 Å². The first-order valence-electron chi connectivity index (χ1n) is 7.45. The molecule has 0 spiro atoms. The van der Waals surface area contributed by atoms with Gasteiger partial charge in [-0.05, 0) is 38.6 Å². The Balaban J connectivity index is 2.11. The molecule has 0 amide bonds. The minimum absolute atomic E-state index is 0.140. The van der Waals surface area contributed by atoms with E-state index in [2.05, 4.69) is 5.32 Å². The van der Waals surface area contributed by atoms with Crippen LogP contribution in [0, 0.1) is 0 Å². The molecule has 2 fully saturated rings. The zero-order valence-corrected chi connectivity index (χ0v) is 12.6. The van der Waals surface area contributed by atoms with Crippen LogP contribution in [0.15, 0.2) is 0 Å². The molecule has 0 aromatic carbocycles. The molecule has 6 heteroatoms. The summed E-state index contributed by atoms with van der Waals surface area (Å²) in [6.07, 6.45) is 4.20. The van der Waals surface area contributed by atoms with E-state index in [1.807, 2.05) is 6.92 Å². The smallest absolute Gasteiger partial charge is 0.217 e. The van der Waals surface area contributed by atoms with E-state index in [0.29, 0.717) is 32.6 Å². The normalized spacial score (nSPS) is 26.7. The molecular weight excluding hydrogens is 264 g/mol. The lowest BCUT2D eigenvalue weighted by atomic mass is 10.1. The topological polar surface area (TPSA) is 58.6 Å². The Morgan fingerprint density at radius 2 is 2.00 bits per heavy atom. The Kier molecular flexibility index (Phi) is 5.62. The Bertz CT molecular complexity index is 360. The third-order valence-electron chi connectivity index (χ3n) is 4.04. The molecular formula is C13H26N2O3S. The number of piperidine rings is 1. The number of nitrogens with one attached hydrogen (secondary N) is 1. The van der Waals surface area contributed by atoms with Crippen molar-refractivity contribution in [1.29, 1.82) is 0 Å². The van der Waals surface area contributed by atoms with Crippen LogP contribution in [0.2, 0.25) is 0 Å². The lowest BCUT2D eigenvalue weighted by molar-refractivity contribution is 0.0965. The van der Waals surface area contributed by atoms with Crippen molar-refractivity contribution in [2.75, 3.05) is 32.8 Å². The van der Waals surface area contributed by atoms with Crippen LogP contribution in [0.25, 0.3) is 0 Å². The summed E-state index contributed by atoms with van der Waals surface area (Å²) in [5.41, 5.74) is 0. The Hall–Kier alpha value is -0.170. The van der Waals surface area contributed by atoms with E-state index in [0.717, 1.165) is 32.4 Å². The second kappa shape index (κ2) is 7.02. The third kappa shape index (κ3) is 3.68. The summed E-state index contributed by atoms with van der Waals surface area (Å²) in [6.45, 7) is 5.64. The summed E-state index contributed by atoms with van der Waals surface area (Å²) in [5.74, 6) is 0. The van der Waals surface area contributed by atoms with Gasteiger partial charge >= 0.3 is 0 Å². The van der Waals surface area contributed by atoms with E-state index in [4.69, 9.17) is 4.74 Å². The van der Waals surface area contributed by atoms with Crippen molar-refractivity contribution in [2.24, 2.45) is 0 Å². The predicted molar refractivity (Wildman–Crippen MR) is 75.6 cm³/mol. The van der Waals surface area contributed by atoms with Crippen molar-refractivity contribution in [3.63, 3.8) is 0 Å². The van der Waals surface area contributed by atoms with Gasteiger partial charge in [0.25, 0.3) is 0 Å². The van der Waals surface area contributed by atoms with Crippen LogP contribution >= 0.6 is 0 Å². The average molecular weight is 290 g/mol. The SMILES string of the molecule is CCCN(C1CCCNC1)S(=O)(=O)C1CCOCC1. The van der Waals surface area contributed by atoms with Gasteiger partial charge in [0, 0.05) is 32.3 Å². The molecule has 2 saturated heterocycles. The van der Waals surface area contributed by atoms with Crippen molar-refractivity contribution >= 4 is 10.0 Å². The zero-order valence-electron chi connectivity index (χ0n) is 11.8. The highest BCUT2D eigenvalue weighted by molar-refractivity contribution is 7.89. The van der Waals surface area contributed by atoms with Crippen LogP contribution in [0.3, 0.4) is 0 Å². The first-order valence-corrected chi connectivity index (χ1v) is 8.95. The molecule has 19 heavy (non-hydrogen) atoms. The van der Waals surface area contributed by atoms with Gasteiger partial charge in [-0.25, -0.2) is 8.42 Å². The van der Waals surface area contributed by atoms with Gasteiger partial charge < -0.3 is 10.1 Å². The van der Waals surface area contributed by atoms with Gasteiger partial charge in [0.1, 0.15) is 0 Å². The highest BCUT2D eigenvalue weighted by Gasteiger charge is 2.37. The Morgan fingerprint density at radius 3 is 2.58 bits per heavy atom. The first-order chi connectivity index (χ1) is 9.16. The van der Waals surface area contributed by atoms with Gasteiger partial charge in [0.2, 0.25) is 10.0 Å². The molecule has 2 rings (SSSR count). The van der Waals surface area contributed by atoms with Gasteiger partial charge in [-0.2, -0.15) is 4.31 Å². The molecule has 0 saturated carbocycles. The molecule has 0 aliphatic carbocycles. The molecule has 112 valence electrons. The molecule has 1 atom stereocenters. The van der Waals surface area contributed by atoms with Crippen molar-refractivity contribution in [1.82, 2.24) is 9.62 Å². The highest BCUT2D eigenvalue weighted by atomic mass is 32.2. The maximum atomic E-state index is 12.8. The van der Waals surface area contributed by atoms with Gasteiger partial charge in [-0.15, -0.1) is 0 Å². The molecule has 1 unspecified atom stereocenters. The molecule has 5 nitrogen and oxygen atoms in total. The molecule has 2 heterocycles. The van der Waals surface area contributed by atoms with Gasteiger partial charge in [-0.3, -0.25) is 0 Å². The molecule has 1 N–H and O–H groups in total. The third-order valence-corrected chi connectivity index (χ3v) is 6.49. The second-order valence-electron chi connectivity index (χ2n) is 5.47. The summed E-state index contributed by atoms with van der Waals surface area (Å²) < 4.78 is 32.7. The predicted octanol–water partition coefficient (Wildman–Crippen LogP) is 0.959. The fourth-order valence-electron chi connectivity index (χ4n) is 2.98. The molecule has 2 aliphatic rings. The first kappa shape index (κ1) is 15.2. The van der Waals surface area contributed by atoms with Gasteiger partial charge in [-0.1, -0.05) is 6.92 Å². The van der Waals surface area contributed by atoms with Crippen LogP contribution < -0.4 is 5.32 Å². The van der Waals surface area contributed by atoms with Crippen LogP contribution in [0.1, 0.15) is 39.0 Å². The molecule has 0 aromatic heterocycles. The average Bonchev–Trinajstić information content (AvgIpc) is 2.46. The van der Waals surface area contributed by atoms with Crippen LogP contribution in [0.5, 0.6) is 0 Å². The number of sulfonamides is 1. The quantitative estimate of drug-likeness (QED) is 0.819. The zero-order chi connectivity index (χ0) is 13.7. The van der Waals surface area contributed by atoms with Gasteiger partial charge in [0.05, 0.1) is 5.25 Å². The highest BCUT2D eigenvalue weighted by Crippen LogP contribution is 2.24. The van der Waals surface area contributed by atoms with Crippen LogP contribution in [0.4, 0.5) is 0 Å². The van der Waals surface area contributed by atoms with E-state index in [1.54, 1.807) is 4.31 Å². The second-order valence-corrected chi connectivity index (χ2v) is 7.63. The fourth-order valence-corrected chi connectivity index (χ4v) is 5.19. The fraction of sp³-hybridized carbons (Fsp3) is 1.00. The van der Waals surface area contributed by atoms with E-state index in [1.165, 1.54) is 0 Å². The number of ether oxygens (including phenoxy) is 1. The number of nitrogens with zero attached hydrogens (tertiary/aromatic N) is 1. The number of hydrogen-bond acceptors (Lipinski definition) is 4. The molecule has 0 aromatic rings. The number of hydrogen-bond donors (Lipinski definition) is 1. The van der Waals surface area contributed by atoms with Gasteiger partial charge in [0.15, 0.2) is 0 Å². The van der Waals surface area contributed by atoms with Crippen molar-refractivity contribution < 1.29 is 13.2 Å². The summed E-state index contributed by atoms with van der Waals surface area (Å²) in [4.78, 5) is 0. The summed E-state index contributed by atoms with van der Waals surface area (Å²) in [6, 6.07) is 0.140. The van der Waals surface area contributed by atoms with E-state index >= 15 is 0 Å². The lowest BCUT2D eigenvalue weighted by Crippen LogP contribution is -2.52. The summed E-state index contributed by atoms with van der Waals surface area (Å²) >= 11 is 0. The maximum Gasteiger partial charge on any atom is 0.217 e. The van der Waals surface area contributed by atoms with Crippen LogP contribution in [-0.4, -0.2) is 56.9 Å². The summed E-state index contributed by atoms with van der Waals surface area (Å²) in [5, 5.41) is 3.08. The molecule has 0 bridgehead atoms. The monoisotopic (exact) mass is 290 g/mol. The van der Waals surface area contributed by atoms with E-state index in [9.17, 15) is 8.42 Å².